The van der Waals surface area contributed by atoms with Gasteiger partial charge >= 0.3 is 0 Å². The summed E-state index contributed by atoms with van der Waals surface area (Å²) in [6.07, 6.45) is 2.20. The molecule has 0 aliphatic rings. The van der Waals surface area contributed by atoms with Gasteiger partial charge in [0.1, 0.15) is 0 Å². The first-order valence-corrected chi connectivity index (χ1v) is 3.68. The number of hydrogen-bond acceptors (Lipinski definition) is 1. The number of hydrogen-bond donors (Lipinski definition) is 2. The number of aryl methyl sites for hydroxylation is 2. The lowest BCUT2D eigenvalue weighted by Crippen LogP contribution is -1.90. The van der Waals surface area contributed by atoms with Gasteiger partial charge in [-0.1, -0.05) is 13.3 Å². The lowest BCUT2D eigenvalue weighted by atomic mass is 10.2. The van der Waals surface area contributed by atoms with Crippen LogP contribution in [0.5, 0.6) is 0 Å². The maximum atomic E-state index is 5.70. The number of rotatable bonds is 2. The summed E-state index contributed by atoms with van der Waals surface area (Å²) in [5, 5.41) is 0. The molecule has 0 saturated carbocycles. The molecule has 3 N–H and O–H groups in total. The Bertz CT molecular complexity index is 213. The Hall–Kier alpha value is -0.920. The van der Waals surface area contributed by atoms with Gasteiger partial charge in [-0.05, 0) is 19.4 Å². The quantitative estimate of drug-likeness (QED) is 0.643. The molecule has 0 aliphatic heterocycles. The number of aromatic nitrogens is 1. The van der Waals surface area contributed by atoms with E-state index in [4.69, 9.17) is 5.73 Å². The van der Waals surface area contributed by atoms with E-state index in [1.54, 1.807) is 0 Å². The molecule has 0 aliphatic carbocycles. The smallest absolute Gasteiger partial charge is 0.0527 e. The third-order valence-electron chi connectivity index (χ3n) is 1.57. The first kappa shape index (κ1) is 7.19. The Morgan fingerprint density at radius 3 is 2.70 bits per heavy atom. The van der Waals surface area contributed by atoms with Gasteiger partial charge in [0, 0.05) is 11.4 Å². The van der Waals surface area contributed by atoms with Crippen LogP contribution in [-0.2, 0) is 6.42 Å². The van der Waals surface area contributed by atoms with Crippen molar-refractivity contribution in [1.82, 2.24) is 4.98 Å². The molecule has 10 heavy (non-hydrogen) atoms. The Morgan fingerprint density at radius 2 is 2.30 bits per heavy atom. The average molecular weight is 138 g/mol. The molecule has 0 bridgehead atoms. The number of H-pyrrole nitrogens is 1. The zero-order valence-corrected chi connectivity index (χ0v) is 6.57. The van der Waals surface area contributed by atoms with Crippen molar-refractivity contribution < 1.29 is 0 Å². The van der Waals surface area contributed by atoms with E-state index in [9.17, 15) is 0 Å². The summed E-state index contributed by atoms with van der Waals surface area (Å²) < 4.78 is 0. The molecule has 1 aromatic heterocycles. The molecule has 0 saturated heterocycles. The molecule has 56 valence electrons. The third-order valence-corrected chi connectivity index (χ3v) is 1.57. The van der Waals surface area contributed by atoms with E-state index < -0.39 is 0 Å². The number of nitrogen functional groups attached to an aromatic ring is 1. The Labute approximate surface area is 61.4 Å². The van der Waals surface area contributed by atoms with E-state index in [1.807, 2.05) is 13.0 Å². The van der Waals surface area contributed by atoms with E-state index in [0.29, 0.717) is 0 Å². The number of nitrogens with one attached hydrogen (secondary N) is 1. The summed E-state index contributed by atoms with van der Waals surface area (Å²) in [6, 6.07) is 1.98. The molecule has 0 amide bonds. The Balaban J connectivity index is 2.81. The van der Waals surface area contributed by atoms with Crippen LogP contribution in [0.2, 0.25) is 0 Å². The number of anilines is 1. The highest BCUT2D eigenvalue weighted by Gasteiger charge is 1.99. The summed E-state index contributed by atoms with van der Waals surface area (Å²) in [4.78, 5) is 3.22. The highest BCUT2D eigenvalue weighted by atomic mass is 14.8. The van der Waals surface area contributed by atoms with Crippen molar-refractivity contribution in [1.29, 1.82) is 0 Å². The average Bonchev–Trinajstić information content (AvgIpc) is 2.13. The van der Waals surface area contributed by atoms with Crippen LogP contribution in [0.15, 0.2) is 6.07 Å². The van der Waals surface area contributed by atoms with Gasteiger partial charge in [0.05, 0.1) is 5.69 Å². The van der Waals surface area contributed by atoms with Gasteiger partial charge in [-0.25, -0.2) is 0 Å². The van der Waals surface area contributed by atoms with E-state index in [2.05, 4.69) is 11.9 Å². The summed E-state index contributed by atoms with van der Waals surface area (Å²) >= 11 is 0. The highest BCUT2D eigenvalue weighted by Crippen LogP contribution is 2.13. The van der Waals surface area contributed by atoms with Gasteiger partial charge in [-0.2, -0.15) is 0 Å². The van der Waals surface area contributed by atoms with Crippen LogP contribution in [0.4, 0.5) is 5.69 Å². The minimum absolute atomic E-state index is 0.902. The van der Waals surface area contributed by atoms with Crippen molar-refractivity contribution >= 4 is 5.69 Å². The molecule has 0 unspecified atom stereocenters. The van der Waals surface area contributed by atoms with Crippen LogP contribution in [0.1, 0.15) is 24.7 Å². The molecule has 0 spiro atoms. The topological polar surface area (TPSA) is 41.8 Å². The minimum atomic E-state index is 0.902. The SMILES string of the molecule is CCCc1[nH]c(C)cc1N. The van der Waals surface area contributed by atoms with Gasteiger partial charge in [-0.3, -0.25) is 0 Å². The summed E-state index contributed by atoms with van der Waals surface area (Å²) in [5.74, 6) is 0. The summed E-state index contributed by atoms with van der Waals surface area (Å²) in [7, 11) is 0. The van der Waals surface area contributed by atoms with Gasteiger partial charge in [0.15, 0.2) is 0 Å². The molecule has 0 atom stereocenters. The molecule has 1 aromatic rings. The largest absolute Gasteiger partial charge is 0.397 e. The second-order valence-corrected chi connectivity index (χ2v) is 2.64. The van der Waals surface area contributed by atoms with Gasteiger partial charge < -0.3 is 10.7 Å². The summed E-state index contributed by atoms with van der Waals surface area (Å²) in [6.45, 7) is 4.17. The van der Waals surface area contributed by atoms with Crippen LogP contribution >= 0.6 is 0 Å². The maximum Gasteiger partial charge on any atom is 0.0527 e. The van der Waals surface area contributed by atoms with Gasteiger partial charge in [0.2, 0.25) is 0 Å². The zero-order valence-electron chi connectivity index (χ0n) is 6.57. The lowest BCUT2D eigenvalue weighted by Gasteiger charge is -1.94. The van der Waals surface area contributed by atoms with Crippen molar-refractivity contribution in [2.24, 2.45) is 0 Å². The second kappa shape index (κ2) is 2.78. The maximum absolute atomic E-state index is 5.70. The van der Waals surface area contributed by atoms with Crippen LogP contribution in [0, 0.1) is 6.92 Å². The number of nitrogens with two attached hydrogens (primary N) is 1. The Kier molecular flexibility index (Phi) is 2.00. The number of aromatic amines is 1. The molecule has 2 heteroatoms. The normalized spacial score (nSPS) is 10.2. The molecule has 0 fully saturated rings. The highest BCUT2D eigenvalue weighted by molar-refractivity contribution is 5.45. The van der Waals surface area contributed by atoms with Crippen LogP contribution in [0.25, 0.3) is 0 Å². The first-order valence-electron chi connectivity index (χ1n) is 3.68. The van der Waals surface area contributed by atoms with Crippen LogP contribution in [-0.4, -0.2) is 4.98 Å². The van der Waals surface area contributed by atoms with Crippen molar-refractivity contribution in [3.05, 3.63) is 17.5 Å². The van der Waals surface area contributed by atoms with Crippen molar-refractivity contribution in [2.75, 3.05) is 5.73 Å². The minimum Gasteiger partial charge on any atom is -0.397 e. The third kappa shape index (κ3) is 1.32. The Morgan fingerprint density at radius 1 is 1.60 bits per heavy atom. The molecule has 0 aromatic carbocycles. The van der Waals surface area contributed by atoms with Crippen molar-refractivity contribution in [2.45, 2.75) is 26.7 Å². The zero-order chi connectivity index (χ0) is 7.56. The van der Waals surface area contributed by atoms with E-state index >= 15 is 0 Å². The second-order valence-electron chi connectivity index (χ2n) is 2.64. The fraction of sp³-hybridized carbons (Fsp3) is 0.500. The van der Waals surface area contributed by atoms with Crippen molar-refractivity contribution in [3.63, 3.8) is 0 Å². The lowest BCUT2D eigenvalue weighted by molar-refractivity contribution is 0.890. The van der Waals surface area contributed by atoms with E-state index in [1.165, 1.54) is 5.69 Å². The predicted molar refractivity (Wildman–Crippen MR) is 43.9 cm³/mol. The standard InChI is InChI=1S/C8H14N2/c1-3-4-8-7(9)5-6(2)10-8/h5,10H,3-4,9H2,1-2H3. The fourth-order valence-electron chi connectivity index (χ4n) is 1.12. The van der Waals surface area contributed by atoms with Crippen LogP contribution < -0.4 is 5.73 Å². The molecular weight excluding hydrogens is 124 g/mol. The first-order chi connectivity index (χ1) is 4.74. The molecule has 2 nitrogen and oxygen atoms in total. The van der Waals surface area contributed by atoms with E-state index in [-0.39, 0.29) is 0 Å². The molecule has 1 rings (SSSR count). The fourth-order valence-corrected chi connectivity index (χ4v) is 1.12. The summed E-state index contributed by atoms with van der Waals surface area (Å²) in [5.41, 5.74) is 8.93. The van der Waals surface area contributed by atoms with Crippen molar-refractivity contribution in [3.8, 4) is 0 Å². The molecule has 1 heterocycles. The monoisotopic (exact) mass is 138 g/mol. The van der Waals surface area contributed by atoms with E-state index in [0.717, 1.165) is 24.2 Å². The predicted octanol–water partition coefficient (Wildman–Crippen LogP) is 1.86. The van der Waals surface area contributed by atoms with Crippen LogP contribution in [0.3, 0.4) is 0 Å². The van der Waals surface area contributed by atoms with Gasteiger partial charge in [-0.15, -0.1) is 0 Å². The van der Waals surface area contributed by atoms with Gasteiger partial charge in [0.25, 0.3) is 0 Å². The molecular formula is C8H14N2. The molecule has 0 radical (unpaired) electrons.